The van der Waals surface area contributed by atoms with Crippen molar-refractivity contribution in [1.29, 1.82) is 0 Å². The molecule has 0 radical (unpaired) electrons. The number of carboxylic acid groups (broad SMARTS) is 1. The molecule has 1 N–H and O–H groups in total. The van der Waals surface area contributed by atoms with Crippen LogP contribution < -0.4 is 4.74 Å². The molecular formula is C14H16O4. The molecule has 4 heteroatoms. The number of rotatable bonds is 3. The summed E-state index contributed by atoms with van der Waals surface area (Å²) in [5.41, 5.74) is 2.21. The van der Waals surface area contributed by atoms with E-state index in [9.17, 15) is 9.90 Å². The van der Waals surface area contributed by atoms with Gasteiger partial charge in [0.05, 0.1) is 25.7 Å². The SMILES string of the molecule is COc1ccc2c(c1C1(C(=O)O)CCC1)COC2. The van der Waals surface area contributed by atoms with E-state index in [2.05, 4.69) is 0 Å². The first-order valence-electron chi connectivity index (χ1n) is 6.19. The summed E-state index contributed by atoms with van der Waals surface area (Å²) in [6.07, 6.45) is 2.34. The third kappa shape index (κ3) is 1.38. The van der Waals surface area contributed by atoms with Gasteiger partial charge in [0.25, 0.3) is 0 Å². The van der Waals surface area contributed by atoms with Gasteiger partial charge in [-0.15, -0.1) is 0 Å². The summed E-state index contributed by atoms with van der Waals surface area (Å²) in [5, 5.41) is 9.59. The average molecular weight is 248 g/mol. The van der Waals surface area contributed by atoms with Crippen molar-refractivity contribution >= 4 is 5.97 Å². The Morgan fingerprint density at radius 2 is 2.17 bits per heavy atom. The van der Waals surface area contributed by atoms with E-state index >= 15 is 0 Å². The fourth-order valence-corrected chi connectivity index (χ4v) is 3.03. The molecule has 0 unspecified atom stereocenters. The largest absolute Gasteiger partial charge is 0.496 e. The van der Waals surface area contributed by atoms with Crippen molar-refractivity contribution < 1.29 is 19.4 Å². The lowest BCUT2D eigenvalue weighted by Gasteiger charge is -2.40. The molecule has 1 saturated carbocycles. The van der Waals surface area contributed by atoms with Gasteiger partial charge in [-0.25, -0.2) is 0 Å². The maximum atomic E-state index is 11.7. The number of ether oxygens (including phenoxy) is 2. The minimum absolute atomic E-state index is 0.497. The Kier molecular flexibility index (Phi) is 2.55. The normalized spacial score (nSPS) is 20.1. The van der Waals surface area contributed by atoms with Gasteiger partial charge >= 0.3 is 5.97 Å². The molecule has 3 rings (SSSR count). The fraction of sp³-hybridized carbons (Fsp3) is 0.500. The van der Waals surface area contributed by atoms with Crippen LogP contribution in [-0.2, 0) is 28.2 Å². The smallest absolute Gasteiger partial charge is 0.314 e. The number of fused-ring (bicyclic) bond motifs is 1. The van der Waals surface area contributed by atoms with Crippen molar-refractivity contribution in [3.63, 3.8) is 0 Å². The van der Waals surface area contributed by atoms with Crippen LogP contribution in [0.3, 0.4) is 0 Å². The van der Waals surface area contributed by atoms with Gasteiger partial charge in [-0.05, 0) is 30.0 Å². The van der Waals surface area contributed by atoms with Gasteiger partial charge in [0.1, 0.15) is 5.75 Å². The number of carbonyl (C=O) groups is 1. The van der Waals surface area contributed by atoms with Gasteiger partial charge < -0.3 is 14.6 Å². The van der Waals surface area contributed by atoms with Gasteiger partial charge in [0.2, 0.25) is 0 Å². The lowest BCUT2D eigenvalue weighted by Crippen LogP contribution is -2.43. The topological polar surface area (TPSA) is 55.8 Å². The maximum absolute atomic E-state index is 11.7. The van der Waals surface area contributed by atoms with E-state index in [0.717, 1.165) is 23.1 Å². The van der Waals surface area contributed by atoms with Crippen LogP contribution in [-0.4, -0.2) is 18.2 Å². The number of hydrogen-bond acceptors (Lipinski definition) is 3. The lowest BCUT2D eigenvalue weighted by atomic mass is 9.63. The molecule has 18 heavy (non-hydrogen) atoms. The molecule has 1 heterocycles. The van der Waals surface area contributed by atoms with Gasteiger partial charge in [-0.3, -0.25) is 4.79 Å². The summed E-state index contributed by atoms with van der Waals surface area (Å²) in [7, 11) is 1.59. The second-order valence-electron chi connectivity index (χ2n) is 5.01. The number of carboxylic acids is 1. The van der Waals surface area contributed by atoms with Crippen molar-refractivity contribution in [3.05, 3.63) is 28.8 Å². The summed E-state index contributed by atoms with van der Waals surface area (Å²) in [5.74, 6) is -0.0614. The van der Waals surface area contributed by atoms with E-state index in [4.69, 9.17) is 9.47 Å². The number of aliphatic carboxylic acids is 1. The van der Waals surface area contributed by atoms with Crippen LogP contribution in [0.4, 0.5) is 0 Å². The first-order chi connectivity index (χ1) is 8.69. The van der Waals surface area contributed by atoms with Crippen LogP contribution in [0.2, 0.25) is 0 Å². The Hall–Kier alpha value is -1.55. The van der Waals surface area contributed by atoms with Gasteiger partial charge in [0, 0.05) is 5.56 Å². The summed E-state index contributed by atoms with van der Waals surface area (Å²) in [4.78, 5) is 11.7. The highest BCUT2D eigenvalue weighted by Crippen LogP contribution is 2.50. The lowest BCUT2D eigenvalue weighted by molar-refractivity contribution is -0.147. The predicted molar refractivity (Wildman–Crippen MR) is 64.7 cm³/mol. The van der Waals surface area contributed by atoms with Crippen molar-refractivity contribution in [2.24, 2.45) is 0 Å². The zero-order valence-corrected chi connectivity index (χ0v) is 10.4. The molecule has 0 bridgehead atoms. The Labute approximate surface area is 106 Å². The van der Waals surface area contributed by atoms with Crippen LogP contribution in [0.25, 0.3) is 0 Å². The van der Waals surface area contributed by atoms with Crippen LogP contribution in [0.15, 0.2) is 12.1 Å². The average Bonchev–Trinajstić information content (AvgIpc) is 2.75. The number of methoxy groups -OCH3 is 1. The molecule has 0 aromatic heterocycles. The second kappa shape index (κ2) is 3.99. The third-order valence-corrected chi connectivity index (χ3v) is 4.19. The maximum Gasteiger partial charge on any atom is 0.314 e. The van der Waals surface area contributed by atoms with Gasteiger partial charge in [-0.1, -0.05) is 12.5 Å². The quantitative estimate of drug-likeness (QED) is 0.891. The molecule has 1 aliphatic carbocycles. The summed E-state index contributed by atoms with van der Waals surface area (Å²) < 4.78 is 10.8. The van der Waals surface area contributed by atoms with E-state index < -0.39 is 11.4 Å². The molecule has 4 nitrogen and oxygen atoms in total. The van der Waals surface area contributed by atoms with Crippen molar-refractivity contribution in [1.82, 2.24) is 0 Å². The first kappa shape index (κ1) is 11.5. The molecule has 96 valence electrons. The Balaban J connectivity index is 2.21. The van der Waals surface area contributed by atoms with Crippen LogP contribution in [0.5, 0.6) is 5.75 Å². The highest BCUT2D eigenvalue weighted by atomic mass is 16.5. The van der Waals surface area contributed by atoms with Crippen molar-refractivity contribution in [2.45, 2.75) is 37.9 Å². The zero-order valence-electron chi connectivity index (χ0n) is 10.4. The highest BCUT2D eigenvalue weighted by Gasteiger charge is 2.49. The van der Waals surface area contributed by atoms with E-state index in [1.165, 1.54) is 0 Å². The molecule has 1 aromatic carbocycles. The van der Waals surface area contributed by atoms with Crippen molar-refractivity contribution in [3.8, 4) is 5.75 Å². The van der Waals surface area contributed by atoms with Crippen LogP contribution >= 0.6 is 0 Å². The first-order valence-corrected chi connectivity index (χ1v) is 6.19. The minimum Gasteiger partial charge on any atom is -0.496 e. The standard InChI is InChI=1S/C14H16O4/c1-17-11-4-3-9-7-18-8-10(9)12(11)14(13(15)16)5-2-6-14/h3-4H,2,5-8H2,1H3,(H,15,16). The zero-order chi connectivity index (χ0) is 12.8. The Morgan fingerprint density at radius 3 is 2.72 bits per heavy atom. The van der Waals surface area contributed by atoms with E-state index in [1.54, 1.807) is 7.11 Å². The van der Waals surface area contributed by atoms with Gasteiger partial charge in [-0.2, -0.15) is 0 Å². The van der Waals surface area contributed by atoms with E-state index in [1.807, 2.05) is 12.1 Å². The van der Waals surface area contributed by atoms with E-state index in [-0.39, 0.29) is 0 Å². The fourth-order valence-electron chi connectivity index (χ4n) is 3.03. The number of benzene rings is 1. The molecule has 2 aliphatic rings. The molecule has 0 spiro atoms. The van der Waals surface area contributed by atoms with Gasteiger partial charge in [0.15, 0.2) is 0 Å². The minimum atomic E-state index is -0.760. The van der Waals surface area contributed by atoms with Crippen LogP contribution in [0, 0.1) is 0 Å². The number of hydrogen-bond donors (Lipinski definition) is 1. The monoisotopic (exact) mass is 248 g/mol. The molecule has 0 saturated heterocycles. The predicted octanol–water partition coefficient (Wildman–Crippen LogP) is 2.23. The second-order valence-corrected chi connectivity index (χ2v) is 5.01. The molecule has 1 aliphatic heterocycles. The third-order valence-electron chi connectivity index (χ3n) is 4.19. The summed E-state index contributed by atoms with van der Waals surface area (Å²) in [6.45, 7) is 1.07. The van der Waals surface area contributed by atoms with Crippen LogP contribution in [0.1, 0.15) is 36.0 Å². The Bertz CT molecular complexity index is 503. The highest BCUT2D eigenvalue weighted by molar-refractivity contribution is 5.84. The Morgan fingerprint density at radius 1 is 1.39 bits per heavy atom. The molecule has 1 aromatic rings. The molecule has 0 atom stereocenters. The molecule has 0 amide bonds. The van der Waals surface area contributed by atoms with E-state index in [0.29, 0.717) is 31.8 Å². The van der Waals surface area contributed by atoms with Crippen molar-refractivity contribution in [2.75, 3.05) is 7.11 Å². The summed E-state index contributed by atoms with van der Waals surface area (Å²) in [6, 6.07) is 3.84. The molecular weight excluding hydrogens is 232 g/mol. The molecule has 1 fully saturated rings. The summed E-state index contributed by atoms with van der Waals surface area (Å²) >= 11 is 0.